The topological polar surface area (TPSA) is 75.3 Å². The summed E-state index contributed by atoms with van der Waals surface area (Å²) in [4.78, 5) is 37.2. The lowest BCUT2D eigenvalue weighted by Crippen LogP contribution is -2.53. The van der Waals surface area contributed by atoms with Crippen molar-refractivity contribution in [2.75, 3.05) is 0 Å². The summed E-state index contributed by atoms with van der Waals surface area (Å²) in [6, 6.07) is 11.2. The van der Waals surface area contributed by atoms with Crippen molar-refractivity contribution in [1.82, 2.24) is 10.6 Å². The van der Waals surface area contributed by atoms with Gasteiger partial charge in [-0.15, -0.1) is 17.9 Å². The number of nitrogens with one attached hydrogen (secondary N) is 2. The van der Waals surface area contributed by atoms with Gasteiger partial charge in [0.25, 0.3) is 5.91 Å². The summed E-state index contributed by atoms with van der Waals surface area (Å²) in [5.41, 5.74) is 1.62. The van der Waals surface area contributed by atoms with E-state index < -0.39 is 0 Å². The molecule has 6 heteroatoms. The van der Waals surface area contributed by atoms with Crippen LogP contribution in [-0.4, -0.2) is 29.7 Å². The van der Waals surface area contributed by atoms with Gasteiger partial charge in [-0.1, -0.05) is 30.3 Å². The minimum Gasteiger partial charge on any atom is -0.353 e. The zero-order valence-electron chi connectivity index (χ0n) is 15.6. The predicted octanol–water partition coefficient (Wildman–Crippen LogP) is 3.52. The number of thiophene rings is 1. The third kappa shape index (κ3) is 5.16. The molecular formula is C22H24N2O3S. The van der Waals surface area contributed by atoms with E-state index in [0.717, 1.165) is 5.56 Å². The maximum atomic E-state index is 12.5. The van der Waals surface area contributed by atoms with Crippen molar-refractivity contribution in [3.63, 3.8) is 0 Å². The third-order valence-electron chi connectivity index (χ3n) is 4.84. The van der Waals surface area contributed by atoms with Crippen LogP contribution in [0.3, 0.4) is 0 Å². The molecule has 28 heavy (non-hydrogen) atoms. The van der Waals surface area contributed by atoms with E-state index in [1.807, 2.05) is 35.7 Å². The van der Waals surface area contributed by atoms with Gasteiger partial charge >= 0.3 is 0 Å². The Kier molecular flexibility index (Phi) is 6.76. The van der Waals surface area contributed by atoms with Crippen LogP contribution in [0.2, 0.25) is 0 Å². The molecule has 0 spiro atoms. The Morgan fingerprint density at radius 1 is 1.04 bits per heavy atom. The van der Waals surface area contributed by atoms with E-state index in [-0.39, 0.29) is 42.5 Å². The molecule has 2 N–H and O–H groups in total. The molecule has 0 radical (unpaired) electrons. The molecule has 0 aliphatic heterocycles. The summed E-state index contributed by atoms with van der Waals surface area (Å²) in [7, 11) is 0. The molecule has 1 fully saturated rings. The number of hydrogen-bond donors (Lipinski definition) is 2. The van der Waals surface area contributed by atoms with Gasteiger partial charge in [0, 0.05) is 30.5 Å². The number of hydrogen-bond acceptors (Lipinski definition) is 4. The molecule has 1 aliphatic rings. The second-order valence-corrected chi connectivity index (χ2v) is 7.90. The zero-order chi connectivity index (χ0) is 19.9. The fourth-order valence-electron chi connectivity index (χ4n) is 3.28. The van der Waals surface area contributed by atoms with Gasteiger partial charge in [-0.05, 0) is 42.3 Å². The molecular weight excluding hydrogens is 372 g/mol. The second kappa shape index (κ2) is 9.46. The van der Waals surface area contributed by atoms with Crippen LogP contribution in [-0.2, 0) is 11.2 Å². The fourth-order valence-corrected chi connectivity index (χ4v) is 3.97. The summed E-state index contributed by atoms with van der Waals surface area (Å²) >= 11 is 1.39. The number of amides is 2. The highest BCUT2D eigenvalue weighted by Gasteiger charge is 2.31. The Morgan fingerprint density at radius 2 is 1.79 bits per heavy atom. The zero-order valence-corrected chi connectivity index (χ0v) is 16.5. The van der Waals surface area contributed by atoms with Gasteiger partial charge in [-0.3, -0.25) is 14.4 Å². The molecule has 1 aliphatic carbocycles. The summed E-state index contributed by atoms with van der Waals surface area (Å²) in [6.45, 7) is 3.73. The summed E-state index contributed by atoms with van der Waals surface area (Å²) in [5, 5.41) is 7.82. The van der Waals surface area contributed by atoms with Crippen LogP contribution < -0.4 is 10.6 Å². The Morgan fingerprint density at radius 3 is 2.50 bits per heavy atom. The first-order valence-electron chi connectivity index (χ1n) is 9.42. The van der Waals surface area contributed by atoms with Gasteiger partial charge in [0.15, 0.2) is 5.78 Å². The number of rotatable bonds is 9. The van der Waals surface area contributed by atoms with E-state index in [2.05, 4.69) is 17.2 Å². The summed E-state index contributed by atoms with van der Waals surface area (Å²) in [6.07, 6.45) is 4.26. The lowest BCUT2D eigenvalue weighted by Gasteiger charge is -2.36. The number of allylic oxidation sites excluding steroid dienone is 1. The first kappa shape index (κ1) is 20.0. The van der Waals surface area contributed by atoms with Gasteiger partial charge in [0.1, 0.15) is 0 Å². The molecule has 2 aromatic rings. The van der Waals surface area contributed by atoms with Gasteiger partial charge in [0.05, 0.1) is 4.88 Å². The Bertz CT molecular complexity index is 854. The van der Waals surface area contributed by atoms with Crippen LogP contribution in [0.5, 0.6) is 0 Å². The van der Waals surface area contributed by atoms with Crippen molar-refractivity contribution in [3.05, 3.63) is 70.4 Å². The molecule has 0 saturated heterocycles. The molecule has 1 saturated carbocycles. The highest BCUT2D eigenvalue weighted by atomic mass is 32.1. The van der Waals surface area contributed by atoms with Crippen molar-refractivity contribution in [2.24, 2.45) is 0 Å². The lowest BCUT2D eigenvalue weighted by molar-refractivity contribution is -0.122. The molecule has 2 amide bonds. The largest absolute Gasteiger partial charge is 0.353 e. The summed E-state index contributed by atoms with van der Waals surface area (Å²) in [5.74, 6) is -0.202. The molecule has 0 atom stereocenters. The fraction of sp³-hybridized carbons (Fsp3) is 0.318. The predicted molar refractivity (Wildman–Crippen MR) is 111 cm³/mol. The first-order valence-corrected chi connectivity index (χ1v) is 10.3. The van der Waals surface area contributed by atoms with Crippen LogP contribution in [0.4, 0.5) is 0 Å². The number of ketones is 1. The van der Waals surface area contributed by atoms with Gasteiger partial charge in [0.2, 0.25) is 5.91 Å². The maximum Gasteiger partial charge on any atom is 0.251 e. The number of Topliss-reactive ketones (excluding diaryl/α,β-unsaturated/α-hetero) is 1. The first-order chi connectivity index (χ1) is 13.6. The quantitative estimate of drug-likeness (QED) is 0.503. The standard InChI is InChI=1S/C22H24N2O3S/c1-2-6-15-7-3-4-8-18(15)22(27)24-17-13-16(14-17)23-21(26)11-10-19(25)20-9-5-12-28-20/h2-5,7-9,12,16-17H,1,6,10-11,13-14H2,(H,23,26)(H,24,27). The van der Waals surface area contributed by atoms with Crippen LogP contribution in [0.15, 0.2) is 54.4 Å². The van der Waals surface area contributed by atoms with Gasteiger partial charge in [-0.25, -0.2) is 0 Å². The normalized spacial score (nSPS) is 18.0. The summed E-state index contributed by atoms with van der Waals surface area (Å²) < 4.78 is 0. The van der Waals surface area contributed by atoms with Crippen molar-refractivity contribution in [3.8, 4) is 0 Å². The minimum atomic E-state index is -0.115. The molecule has 146 valence electrons. The van der Waals surface area contributed by atoms with Crippen LogP contribution in [0.1, 0.15) is 51.3 Å². The van der Waals surface area contributed by atoms with Crippen molar-refractivity contribution in [2.45, 2.75) is 44.2 Å². The molecule has 1 heterocycles. The van der Waals surface area contributed by atoms with Gasteiger partial charge in [-0.2, -0.15) is 0 Å². The molecule has 5 nitrogen and oxygen atoms in total. The maximum absolute atomic E-state index is 12.5. The SMILES string of the molecule is C=CCc1ccccc1C(=O)NC1CC(NC(=O)CCC(=O)c2cccs2)C1. The highest BCUT2D eigenvalue weighted by molar-refractivity contribution is 7.12. The molecule has 1 aromatic heterocycles. The monoisotopic (exact) mass is 396 g/mol. The van der Waals surface area contributed by atoms with E-state index in [1.54, 1.807) is 12.1 Å². The van der Waals surface area contributed by atoms with Crippen molar-refractivity contribution in [1.29, 1.82) is 0 Å². The molecule has 3 rings (SSSR count). The third-order valence-corrected chi connectivity index (χ3v) is 5.75. The molecule has 0 bridgehead atoms. The average Bonchev–Trinajstić information content (AvgIpc) is 3.20. The smallest absolute Gasteiger partial charge is 0.251 e. The Hall–Kier alpha value is -2.73. The van der Waals surface area contributed by atoms with E-state index in [9.17, 15) is 14.4 Å². The van der Waals surface area contributed by atoms with Gasteiger partial charge < -0.3 is 10.6 Å². The van der Waals surface area contributed by atoms with Crippen LogP contribution in [0, 0.1) is 0 Å². The average molecular weight is 397 g/mol. The van der Waals surface area contributed by atoms with Crippen LogP contribution in [0.25, 0.3) is 0 Å². The minimum absolute atomic E-state index is 0.00193. The lowest BCUT2D eigenvalue weighted by atomic mass is 9.86. The van der Waals surface area contributed by atoms with Crippen molar-refractivity contribution < 1.29 is 14.4 Å². The second-order valence-electron chi connectivity index (χ2n) is 6.96. The Labute approximate surface area is 168 Å². The van der Waals surface area contributed by atoms with E-state index in [1.165, 1.54) is 11.3 Å². The van der Waals surface area contributed by atoms with Crippen LogP contribution >= 0.6 is 11.3 Å². The van der Waals surface area contributed by atoms with E-state index in [0.29, 0.717) is 29.7 Å². The van der Waals surface area contributed by atoms with E-state index in [4.69, 9.17) is 0 Å². The molecule has 0 unspecified atom stereocenters. The van der Waals surface area contributed by atoms with E-state index >= 15 is 0 Å². The Balaban J connectivity index is 1.39. The number of carbonyl (C=O) groups is 3. The van der Waals surface area contributed by atoms with Crippen molar-refractivity contribution >= 4 is 28.9 Å². The number of benzene rings is 1. The highest BCUT2D eigenvalue weighted by Crippen LogP contribution is 2.21. The number of carbonyl (C=O) groups excluding carboxylic acids is 3. The molecule has 1 aromatic carbocycles.